The number of esters is 4. The van der Waals surface area contributed by atoms with Gasteiger partial charge in [0.15, 0.2) is 12.2 Å². The van der Waals surface area contributed by atoms with Crippen LogP contribution in [0.2, 0.25) is 0 Å². The largest absolute Gasteiger partial charge is 0.472 e. The molecule has 0 aromatic carbocycles. The summed E-state index contributed by atoms with van der Waals surface area (Å²) in [5, 5.41) is 10.6. The summed E-state index contributed by atoms with van der Waals surface area (Å²) in [7, 11) is -9.92. The van der Waals surface area contributed by atoms with Crippen molar-refractivity contribution in [3.63, 3.8) is 0 Å². The molecule has 0 aromatic heterocycles. The summed E-state index contributed by atoms with van der Waals surface area (Å²) in [5.41, 5.74) is 0. The first-order valence-corrected chi connectivity index (χ1v) is 44.9. The van der Waals surface area contributed by atoms with Crippen LogP contribution in [-0.4, -0.2) is 96.7 Å². The van der Waals surface area contributed by atoms with Gasteiger partial charge in [-0.2, -0.15) is 0 Å². The number of hydrogen-bond donors (Lipinski definition) is 3. The van der Waals surface area contributed by atoms with Gasteiger partial charge in [0.2, 0.25) is 0 Å². The van der Waals surface area contributed by atoms with Crippen molar-refractivity contribution in [2.24, 2.45) is 17.8 Å². The lowest BCUT2D eigenvalue weighted by Crippen LogP contribution is -2.30. The molecular weight excluding hydrogens is 1310 g/mol. The minimum Gasteiger partial charge on any atom is -0.462 e. The number of aliphatic hydroxyl groups excluding tert-OH is 1. The first-order chi connectivity index (χ1) is 48.3. The van der Waals surface area contributed by atoms with Gasteiger partial charge >= 0.3 is 39.5 Å². The zero-order valence-electron chi connectivity index (χ0n) is 65.7. The lowest BCUT2D eigenvalue weighted by atomic mass is 9.99. The van der Waals surface area contributed by atoms with Gasteiger partial charge < -0.3 is 33.8 Å². The topological polar surface area (TPSA) is 237 Å². The maximum atomic E-state index is 13.1. The zero-order chi connectivity index (χ0) is 73.7. The highest BCUT2D eigenvalue weighted by Gasteiger charge is 2.30. The predicted octanol–water partition coefficient (Wildman–Crippen LogP) is 24.1. The Labute approximate surface area is 613 Å². The van der Waals surface area contributed by atoms with E-state index in [9.17, 15) is 43.2 Å². The minimum atomic E-state index is -4.96. The molecule has 0 heterocycles. The number of rotatable bonds is 79. The van der Waals surface area contributed by atoms with E-state index in [-0.39, 0.29) is 25.7 Å². The summed E-state index contributed by atoms with van der Waals surface area (Å²) in [4.78, 5) is 73.0. The highest BCUT2D eigenvalue weighted by molar-refractivity contribution is 7.47. The Bertz CT molecular complexity index is 1940. The van der Waals surface area contributed by atoms with Crippen LogP contribution < -0.4 is 0 Å². The fraction of sp³-hybridized carbons (Fsp3) is 0.951. The molecule has 0 aliphatic rings. The van der Waals surface area contributed by atoms with E-state index in [1.165, 1.54) is 231 Å². The second-order valence-electron chi connectivity index (χ2n) is 30.4. The van der Waals surface area contributed by atoms with E-state index >= 15 is 0 Å². The van der Waals surface area contributed by atoms with Crippen LogP contribution in [0.25, 0.3) is 0 Å². The molecule has 0 aliphatic carbocycles. The van der Waals surface area contributed by atoms with E-state index in [0.29, 0.717) is 25.7 Å². The lowest BCUT2D eigenvalue weighted by Gasteiger charge is -2.21. The normalized spacial score (nSPS) is 14.2. The van der Waals surface area contributed by atoms with Gasteiger partial charge in [0.1, 0.15) is 19.3 Å². The summed E-state index contributed by atoms with van der Waals surface area (Å²) >= 11 is 0. The summed E-state index contributed by atoms with van der Waals surface area (Å²) < 4.78 is 68.7. The van der Waals surface area contributed by atoms with E-state index in [1.807, 2.05) is 0 Å². The van der Waals surface area contributed by atoms with Gasteiger partial charge in [-0.05, 0) is 43.4 Å². The van der Waals surface area contributed by atoms with Gasteiger partial charge in [-0.15, -0.1) is 0 Å². The van der Waals surface area contributed by atoms with Crippen molar-refractivity contribution in [3.05, 3.63) is 0 Å². The Morgan fingerprint density at radius 3 is 0.760 bits per heavy atom. The molecule has 0 radical (unpaired) electrons. The molecule has 6 atom stereocenters. The fourth-order valence-electron chi connectivity index (χ4n) is 12.5. The molecule has 0 saturated carbocycles. The summed E-state index contributed by atoms with van der Waals surface area (Å²) in [6.45, 7) is 12.0. The van der Waals surface area contributed by atoms with Gasteiger partial charge in [0.05, 0.1) is 26.4 Å². The fourth-order valence-corrected chi connectivity index (χ4v) is 14.0. The van der Waals surface area contributed by atoms with E-state index in [1.54, 1.807) is 0 Å². The molecule has 0 amide bonds. The predicted molar refractivity (Wildman–Crippen MR) is 409 cm³/mol. The SMILES string of the molecule is CCCCCCCCCCCCCCCCC(=O)OC[C@H](COP(=O)(O)OC[C@@H](O)COP(=O)(O)OC[C@@H](COC(=O)CCCCCCCCCCC(C)C)OC(=O)CCCCCCCCCCCCC(C)C)OC(=O)CCCCCCCCCCCCCCCCCCCCC(C)CC. The second-order valence-corrected chi connectivity index (χ2v) is 33.3. The Hall–Kier alpha value is -1.94. The molecule has 0 bridgehead atoms. The van der Waals surface area contributed by atoms with Crippen molar-refractivity contribution in [2.75, 3.05) is 39.6 Å². The first kappa shape index (κ1) is 98.1. The van der Waals surface area contributed by atoms with Gasteiger partial charge in [-0.1, -0.05) is 370 Å². The van der Waals surface area contributed by atoms with Gasteiger partial charge in [-0.25, -0.2) is 9.13 Å². The molecule has 3 unspecified atom stereocenters. The summed E-state index contributed by atoms with van der Waals surface area (Å²) in [6, 6.07) is 0. The first-order valence-electron chi connectivity index (χ1n) is 41.9. The summed E-state index contributed by atoms with van der Waals surface area (Å²) in [6.07, 6.45) is 59.7. The Morgan fingerprint density at radius 1 is 0.290 bits per heavy atom. The van der Waals surface area contributed by atoms with Gasteiger partial charge in [-0.3, -0.25) is 37.3 Å². The number of aliphatic hydroxyl groups is 1. The lowest BCUT2D eigenvalue weighted by molar-refractivity contribution is -0.161. The van der Waals surface area contributed by atoms with Crippen molar-refractivity contribution in [3.8, 4) is 0 Å². The van der Waals surface area contributed by atoms with Crippen molar-refractivity contribution >= 4 is 39.5 Å². The van der Waals surface area contributed by atoms with E-state index in [0.717, 1.165) is 108 Å². The molecule has 19 heteroatoms. The number of ether oxygens (including phenoxy) is 4. The van der Waals surface area contributed by atoms with Crippen molar-refractivity contribution in [2.45, 2.75) is 439 Å². The number of unbranched alkanes of at least 4 members (excludes halogenated alkanes) is 46. The number of phosphoric ester groups is 2. The molecule has 17 nitrogen and oxygen atoms in total. The van der Waals surface area contributed by atoms with Crippen LogP contribution in [0.15, 0.2) is 0 Å². The highest BCUT2D eigenvalue weighted by Crippen LogP contribution is 2.45. The van der Waals surface area contributed by atoms with Crippen LogP contribution in [0.1, 0.15) is 421 Å². The second kappa shape index (κ2) is 71.3. The molecule has 594 valence electrons. The van der Waals surface area contributed by atoms with Gasteiger partial charge in [0, 0.05) is 25.7 Å². The van der Waals surface area contributed by atoms with Crippen LogP contribution >= 0.6 is 15.6 Å². The minimum absolute atomic E-state index is 0.105. The third-order valence-electron chi connectivity index (χ3n) is 19.2. The van der Waals surface area contributed by atoms with Crippen LogP contribution in [0.4, 0.5) is 0 Å². The molecule has 0 aromatic rings. The number of carbonyl (C=O) groups is 4. The van der Waals surface area contributed by atoms with Gasteiger partial charge in [0.25, 0.3) is 0 Å². The van der Waals surface area contributed by atoms with Crippen LogP contribution in [-0.2, 0) is 65.4 Å². The molecule has 0 aliphatic heterocycles. The Balaban J connectivity index is 5.22. The van der Waals surface area contributed by atoms with E-state index in [4.69, 9.17) is 37.0 Å². The number of hydrogen-bond acceptors (Lipinski definition) is 15. The zero-order valence-corrected chi connectivity index (χ0v) is 67.5. The average molecular weight is 1470 g/mol. The smallest absolute Gasteiger partial charge is 0.462 e. The quantitative estimate of drug-likeness (QED) is 0.0222. The average Bonchev–Trinajstić information content (AvgIpc) is 0.961. The third-order valence-corrected chi connectivity index (χ3v) is 21.1. The number of phosphoric acid groups is 2. The van der Waals surface area contributed by atoms with Crippen molar-refractivity contribution in [1.82, 2.24) is 0 Å². The Morgan fingerprint density at radius 2 is 0.510 bits per heavy atom. The standard InChI is InChI=1S/C81H158O17P2/c1-8-10-11-12-13-14-15-16-24-27-33-41-48-55-62-78(83)91-68-76(97-80(85)64-57-50-43-34-28-25-22-20-18-17-19-21-23-26-32-40-47-54-61-74(7)9-2)70-95-99(87,88)93-66-75(82)67-94-100(89,90)96-71-77(69-92-79(84)63-56-49-42-37-36-39-46-53-60-73(5)6)98-81(86)65-58-51-44-35-30-29-31-38-45-52-59-72(3)4/h72-77,82H,8-71H2,1-7H3,(H,87,88)(H,89,90)/t74?,75-,76-,77-/m1/s1. The van der Waals surface area contributed by atoms with Crippen LogP contribution in [0, 0.1) is 17.8 Å². The molecule has 100 heavy (non-hydrogen) atoms. The van der Waals surface area contributed by atoms with Crippen molar-refractivity contribution < 1.29 is 80.2 Å². The monoisotopic (exact) mass is 1470 g/mol. The van der Waals surface area contributed by atoms with Crippen LogP contribution in [0.3, 0.4) is 0 Å². The highest BCUT2D eigenvalue weighted by atomic mass is 31.2. The molecule has 0 rings (SSSR count). The summed E-state index contributed by atoms with van der Waals surface area (Å²) in [5.74, 6) is 0.238. The maximum Gasteiger partial charge on any atom is 0.472 e. The molecule has 3 N–H and O–H groups in total. The molecule has 0 spiro atoms. The molecule has 0 fully saturated rings. The maximum absolute atomic E-state index is 13.1. The Kier molecular flexibility index (Phi) is 69.9. The molecule has 0 saturated heterocycles. The van der Waals surface area contributed by atoms with Crippen molar-refractivity contribution in [1.29, 1.82) is 0 Å². The third kappa shape index (κ3) is 73.0. The molecular formula is C81H158O17P2. The van der Waals surface area contributed by atoms with E-state index in [2.05, 4.69) is 48.5 Å². The van der Waals surface area contributed by atoms with E-state index < -0.39 is 97.5 Å². The number of carbonyl (C=O) groups excluding carboxylic acids is 4. The van der Waals surface area contributed by atoms with Crippen LogP contribution in [0.5, 0.6) is 0 Å².